The number of fused-ring (bicyclic) bond motifs is 1. The van der Waals surface area contributed by atoms with Crippen molar-refractivity contribution >= 4 is 16.8 Å². The maximum Gasteiger partial charge on any atom is 0.260 e. The molecule has 0 unspecified atom stereocenters. The van der Waals surface area contributed by atoms with Gasteiger partial charge in [0.1, 0.15) is 5.75 Å². The second-order valence-corrected chi connectivity index (χ2v) is 5.79. The largest absolute Gasteiger partial charge is 0.483 e. The van der Waals surface area contributed by atoms with Crippen LogP contribution in [-0.4, -0.2) is 48.3 Å². The number of benzene rings is 1. The minimum absolute atomic E-state index is 0.0172. The molecule has 1 fully saturated rings. The van der Waals surface area contributed by atoms with Crippen molar-refractivity contribution in [2.24, 2.45) is 0 Å². The SMILES string of the molecule is CC(C)n1ccc2c(OCC(=O)N3CCOCC3)cccc21. The zero-order valence-electron chi connectivity index (χ0n) is 13.1. The molecule has 1 aromatic heterocycles. The molecule has 0 atom stereocenters. The monoisotopic (exact) mass is 302 g/mol. The van der Waals surface area contributed by atoms with Crippen LogP contribution in [0.25, 0.3) is 10.9 Å². The lowest BCUT2D eigenvalue weighted by molar-refractivity contribution is -0.137. The highest BCUT2D eigenvalue weighted by atomic mass is 16.5. The molecular formula is C17H22N2O3. The van der Waals surface area contributed by atoms with Gasteiger partial charge in [-0.05, 0) is 32.0 Å². The first-order chi connectivity index (χ1) is 10.7. The molecule has 2 heterocycles. The summed E-state index contributed by atoms with van der Waals surface area (Å²) in [4.78, 5) is 14.0. The quantitative estimate of drug-likeness (QED) is 0.871. The number of aromatic nitrogens is 1. The van der Waals surface area contributed by atoms with Crippen LogP contribution < -0.4 is 4.74 Å². The first-order valence-electron chi connectivity index (χ1n) is 7.74. The van der Waals surface area contributed by atoms with E-state index >= 15 is 0 Å². The summed E-state index contributed by atoms with van der Waals surface area (Å²) in [6, 6.07) is 8.40. The highest BCUT2D eigenvalue weighted by Gasteiger charge is 2.17. The van der Waals surface area contributed by atoms with E-state index in [4.69, 9.17) is 9.47 Å². The van der Waals surface area contributed by atoms with Gasteiger partial charge in [-0.25, -0.2) is 0 Å². The lowest BCUT2D eigenvalue weighted by Gasteiger charge is -2.26. The summed E-state index contributed by atoms with van der Waals surface area (Å²) >= 11 is 0. The Morgan fingerprint density at radius 3 is 2.77 bits per heavy atom. The van der Waals surface area contributed by atoms with Crippen LogP contribution in [0.4, 0.5) is 0 Å². The number of amides is 1. The summed E-state index contributed by atoms with van der Waals surface area (Å²) in [6.07, 6.45) is 2.06. The van der Waals surface area contributed by atoms with Crippen LogP contribution in [0, 0.1) is 0 Å². The Hall–Kier alpha value is -2.01. The molecule has 1 aliphatic heterocycles. The minimum atomic E-state index is 0.0172. The topological polar surface area (TPSA) is 43.7 Å². The van der Waals surface area contributed by atoms with Crippen LogP contribution in [0.3, 0.4) is 0 Å². The molecule has 5 heteroatoms. The summed E-state index contributed by atoms with van der Waals surface area (Å²) in [7, 11) is 0. The number of hydrogen-bond donors (Lipinski definition) is 0. The van der Waals surface area contributed by atoms with Crippen molar-refractivity contribution in [3.05, 3.63) is 30.5 Å². The molecule has 118 valence electrons. The van der Waals surface area contributed by atoms with Gasteiger partial charge in [0.05, 0.1) is 18.7 Å². The predicted molar refractivity (Wildman–Crippen MR) is 85.2 cm³/mol. The van der Waals surface area contributed by atoms with Crippen LogP contribution in [0.1, 0.15) is 19.9 Å². The van der Waals surface area contributed by atoms with Crippen molar-refractivity contribution < 1.29 is 14.3 Å². The summed E-state index contributed by atoms with van der Waals surface area (Å²) in [6.45, 7) is 6.89. The number of hydrogen-bond acceptors (Lipinski definition) is 3. The summed E-state index contributed by atoms with van der Waals surface area (Å²) < 4.78 is 13.2. The Morgan fingerprint density at radius 1 is 1.27 bits per heavy atom. The van der Waals surface area contributed by atoms with E-state index in [-0.39, 0.29) is 12.5 Å². The molecule has 0 bridgehead atoms. The molecule has 5 nitrogen and oxygen atoms in total. The molecule has 0 N–H and O–H groups in total. The van der Waals surface area contributed by atoms with E-state index in [1.807, 2.05) is 18.2 Å². The van der Waals surface area contributed by atoms with E-state index in [1.165, 1.54) is 0 Å². The molecule has 1 aliphatic rings. The minimum Gasteiger partial charge on any atom is -0.483 e. The van der Waals surface area contributed by atoms with Gasteiger partial charge in [-0.1, -0.05) is 6.07 Å². The predicted octanol–water partition coefficient (Wildman–Crippen LogP) is 2.46. The third-order valence-corrected chi connectivity index (χ3v) is 3.99. The molecule has 1 saturated heterocycles. The highest BCUT2D eigenvalue weighted by Crippen LogP contribution is 2.28. The number of rotatable bonds is 4. The molecule has 0 aliphatic carbocycles. The van der Waals surface area contributed by atoms with E-state index in [0.29, 0.717) is 32.3 Å². The van der Waals surface area contributed by atoms with Crippen molar-refractivity contribution in [3.8, 4) is 5.75 Å². The van der Waals surface area contributed by atoms with E-state index in [9.17, 15) is 4.79 Å². The Labute approximate surface area is 130 Å². The zero-order valence-corrected chi connectivity index (χ0v) is 13.1. The first kappa shape index (κ1) is 14.9. The summed E-state index contributed by atoms with van der Waals surface area (Å²) in [5.74, 6) is 0.780. The van der Waals surface area contributed by atoms with Gasteiger partial charge >= 0.3 is 0 Å². The van der Waals surface area contributed by atoms with Crippen LogP contribution in [0.15, 0.2) is 30.5 Å². The number of morpholine rings is 1. The smallest absolute Gasteiger partial charge is 0.260 e. The van der Waals surface area contributed by atoms with E-state index in [0.717, 1.165) is 16.7 Å². The van der Waals surface area contributed by atoms with Crippen molar-refractivity contribution in [3.63, 3.8) is 0 Å². The Morgan fingerprint density at radius 2 is 2.05 bits per heavy atom. The van der Waals surface area contributed by atoms with Crippen molar-refractivity contribution in [2.75, 3.05) is 32.9 Å². The van der Waals surface area contributed by atoms with Crippen LogP contribution in [0.5, 0.6) is 5.75 Å². The lowest BCUT2D eigenvalue weighted by Crippen LogP contribution is -2.42. The summed E-state index contributed by atoms with van der Waals surface area (Å²) in [5.41, 5.74) is 1.13. The van der Waals surface area contributed by atoms with E-state index < -0.39 is 0 Å². The van der Waals surface area contributed by atoms with Crippen LogP contribution in [0.2, 0.25) is 0 Å². The second-order valence-electron chi connectivity index (χ2n) is 5.79. The maximum atomic E-state index is 12.2. The first-order valence-corrected chi connectivity index (χ1v) is 7.74. The molecule has 22 heavy (non-hydrogen) atoms. The van der Waals surface area contributed by atoms with Gasteiger partial charge in [0, 0.05) is 30.7 Å². The van der Waals surface area contributed by atoms with Gasteiger partial charge in [0.25, 0.3) is 5.91 Å². The maximum absolute atomic E-state index is 12.2. The van der Waals surface area contributed by atoms with Crippen LogP contribution in [-0.2, 0) is 9.53 Å². The van der Waals surface area contributed by atoms with Gasteiger partial charge in [0.2, 0.25) is 0 Å². The molecule has 0 radical (unpaired) electrons. The fraction of sp³-hybridized carbons (Fsp3) is 0.471. The number of nitrogens with zero attached hydrogens (tertiary/aromatic N) is 2. The third kappa shape index (κ3) is 2.95. The van der Waals surface area contributed by atoms with Gasteiger partial charge in [0.15, 0.2) is 6.61 Å². The van der Waals surface area contributed by atoms with E-state index in [2.05, 4.69) is 30.7 Å². The van der Waals surface area contributed by atoms with Gasteiger partial charge < -0.3 is 18.9 Å². The number of ether oxygens (including phenoxy) is 2. The Bertz CT molecular complexity index is 657. The molecular weight excluding hydrogens is 280 g/mol. The normalized spacial score (nSPS) is 15.5. The Balaban J connectivity index is 1.72. The van der Waals surface area contributed by atoms with Crippen LogP contribution >= 0.6 is 0 Å². The van der Waals surface area contributed by atoms with Crippen molar-refractivity contribution in [2.45, 2.75) is 19.9 Å². The Kier molecular flexibility index (Phi) is 4.34. The van der Waals surface area contributed by atoms with Gasteiger partial charge in [-0.2, -0.15) is 0 Å². The van der Waals surface area contributed by atoms with Gasteiger partial charge in [-0.15, -0.1) is 0 Å². The third-order valence-electron chi connectivity index (χ3n) is 3.99. The standard InChI is InChI=1S/C17H22N2O3/c1-13(2)19-7-6-14-15(19)4-3-5-16(14)22-12-17(20)18-8-10-21-11-9-18/h3-7,13H,8-12H2,1-2H3. The molecule has 3 rings (SSSR count). The summed E-state index contributed by atoms with van der Waals surface area (Å²) in [5, 5.41) is 1.05. The van der Waals surface area contributed by atoms with Crippen molar-refractivity contribution in [1.29, 1.82) is 0 Å². The average molecular weight is 302 g/mol. The van der Waals surface area contributed by atoms with Gasteiger partial charge in [-0.3, -0.25) is 4.79 Å². The lowest BCUT2D eigenvalue weighted by atomic mass is 10.2. The molecule has 1 amide bonds. The van der Waals surface area contributed by atoms with E-state index in [1.54, 1.807) is 4.90 Å². The zero-order chi connectivity index (χ0) is 15.5. The second kappa shape index (κ2) is 6.40. The molecule has 0 spiro atoms. The molecule has 1 aromatic carbocycles. The average Bonchev–Trinajstić information content (AvgIpc) is 2.98. The molecule has 0 saturated carbocycles. The van der Waals surface area contributed by atoms with Crippen molar-refractivity contribution in [1.82, 2.24) is 9.47 Å². The number of carbonyl (C=O) groups excluding carboxylic acids is 1. The highest BCUT2D eigenvalue weighted by molar-refractivity contribution is 5.87. The fourth-order valence-electron chi connectivity index (χ4n) is 2.78. The molecule has 2 aromatic rings. The number of carbonyl (C=O) groups is 1. The fourth-order valence-corrected chi connectivity index (χ4v) is 2.78.